The summed E-state index contributed by atoms with van der Waals surface area (Å²) >= 11 is 3.15. The van der Waals surface area contributed by atoms with Gasteiger partial charge in [-0.05, 0) is 60.8 Å². The van der Waals surface area contributed by atoms with Gasteiger partial charge in [0.15, 0.2) is 11.6 Å². The third kappa shape index (κ3) is 4.50. The molecule has 0 bridgehead atoms. The van der Waals surface area contributed by atoms with Crippen molar-refractivity contribution in [2.75, 3.05) is 13.7 Å². The van der Waals surface area contributed by atoms with Gasteiger partial charge in [-0.3, -0.25) is 0 Å². The SMILES string of the molecule is CCNC(CCC(C)(C)OC)c1ccc(F)c(F)c1Br. The van der Waals surface area contributed by atoms with E-state index in [-0.39, 0.29) is 16.1 Å². The minimum atomic E-state index is -0.840. The van der Waals surface area contributed by atoms with Crippen LogP contribution in [-0.4, -0.2) is 19.3 Å². The van der Waals surface area contributed by atoms with Crippen LogP contribution in [-0.2, 0) is 4.74 Å². The molecular formula is C15H22BrF2NO. The molecule has 0 fully saturated rings. The number of rotatable bonds is 7. The molecule has 0 aliphatic carbocycles. The molecule has 0 aliphatic heterocycles. The van der Waals surface area contributed by atoms with E-state index in [1.54, 1.807) is 13.2 Å². The van der Waals surface area contributed by atoms with E-state index in [2.05, 4.69) is 21.2 Å². The fourth-order valence-electron chi connectivity index (χ4n) is 2.02. The quantitative estimate of drug-likeness (QED) is 0.727. The molecule has 0 saturated heterocycles. The number of hydrogen-bond donors (Lipinski definition) is 1. The number of ether oxygens (including phenoxy) is 1. The van der Waals surface area contributed by atoms with Crippen LogP contribution in [0.25, 0.3) is 0 Å². The van der Waals surface area contributed by atoms with Gasteiger partial charge in [-0.2, -0.15) is 0 Å². The van der Waals surface area contributed by atoms with Crippen molar-refractivity contribution >= 4 is 15.9 Å². The van der Waals surface area contributed by atoms with Crippen LogP contribution in [0.15, 0.2) is 16.6 Å². The van der Waals surface area contributed by atoms with E-state index in [0.717, 1.165) is 24.9 Å². The normalized spacial score (nSPS) is 13.6. The summed E-state index contributed by atoms with van der Waals surface area (Å²) in [5, 5.41) is 3.31. The lowest BCUT2D eigenvalue weighted by molar-refractivity contribution is 0.0117. The van der Waals surface area contributed by atoms with Gasteiger partial charge in [0.1, 0.15) is 0 Å². The highest BCUT2D eigenvalue weighted by molar-refractivity contribution is 9.10. The van der Waals surface area contributed by atoms with Crippen LogP contribution < -0.4 is 5.32 Å². The first-order valence-corrected chi connectivity index (χ1v) is 7.53. The first-order valence-electron chi connectivity index (χ1n) is 6.74. The van der Waals surface area contributed by atoms with Gasteiger partial charge >= 0.3 is 0 Å². The molecule has 0 aliphatic rings. The highest BCUT2D eigenvalue weighted by Crippen LogP contribution is 2.32. The predicted octanol–water partition coefficient (Wildman–Crippen LogP) is 4.58. The van der Waals surface area contributed by atoms with E-state index in [9.17, 15) is 8.78 Å². The second kappa shape index (κ2) is 7.48. The molecule has 1 N–H and O–H groups in total. The van der Waals surface area contributed by atoms with Crippen LogP contribution in [0.4, 0.5) is 8.78 Å². The zero-order valence-electron chi connectivity index (χ0n) is 12.4. The molecule has 5 heteroatoms. The molecule has 114 valence electrons. The summed E-state index contributed by atoms with van der Waals surface area (Å²) in [4.78, 5) is 0. The molecule has 0 spiro atoms. The minimum Gasteiger partial charge on any atom is -0.379 e. The van der Waals surface area contributed by atoms with Crippen LogP contribution >= 0.6 is 15.9 Å². The van der Waals surface area contributed by atoms with Gasteiger partial charge in [0, 0.05) is 13.2 Å². The number of halogens is 3. The summed E-state index contributed by atoms with van der Waals surface area (Å²) in [6.45, 7) is 6.76. The summed E-state index contributed by atoms with van der Waals surface area (Å²) in [5.74, 6) is -1.68. The van der Waals surface area contributed by atoms with Crippen LogP contribution in [0.1, 0.15) is 45.2 Å². The Kier molecular flexibility index (Phi) is 6.55. The zero-order chi connectivity index (χ0) is 15.3. The Morgan fingerprint density at radius 2 is 2.00 bits per heavy atom. The molecule has 0 amide bonds. The van der Waals surface area contributed by atoms with Gasteiger partial charge in [-0.25, -0.2) is 8.78 Å². The van der Waals surface area contributed by atoms with E-state index in [1.807, 2.05) is 20.8 Å². The van der Waals surface area contributed by atoms with E-state index in [4.69, 9.17) is 4.74 Å². The number of hydrogen-bond acceptors (Lipinski definition) is 2. The second-order valence-electron chi connectivity index (χ2n) is 5.38. The Morgan fingerprint density at radius 1 is 1.35 bits per heavy atom. The second-order valence-corrected chi connectivity index (χ2v) is 6.17. The fraction of sp³-hybridized carbons (Fsp3) is 0.600. The third-order valence-corrected chi connectivity index (χ3v) is 4.28. The molecule has 1 aromatic rings. The number of methoxy groups -OCH3 is 1. The molecule has 0 aromatic heterocycles. The molecule has 1 unspecified atom stereocenters. The van der Waals surface area contributed by atoms with E-state index in [0.29, 0.717) is 0 Å². The van der Waals surface area contributed by atoms with Crippen molar-refractivity contribution in [3.63, 3.8) is 0 Å². The minimum absolute atomic E-state index is 0.0427. The van der Waals surface area contributed by atoms with Crippen LogP contribution in [0.5, 0.6) is 0 Å². The number of nitrogens with one attached hydrogen (secondary N) is 1. The third-order valence-electron chi connectivity index (χ3n) is 3.48. The Balaban J connectivity index is 2.94. The summed E-state index contributed by atoms with van der Waals surface area (Å²) < 4.78 is 32.4. The Bertz CT molecular complexity index is 452. The molecule has 0 heterocycles. The summed E-state index contributed by atoms with van der Waals surface area (Å²) in [6.07, 6.45) is 1.59. The van der Waals surface area contributed by atoms with Gasteiger partial charge < -0.3 is 10.1 Å². The maximum atomic E-state index is 13.7. The molecule has 20 heavy (non-hydrogen) atoms. The van der Waals surface area contributed by atoms with Crippen molar-refractivity contribution in [1.29, 1.82) is 0 Å². The lowest BCUT2D eigenvalue weighted by atomic mass is 9.94. The van der Waals surface area contributed by atoms with Gasteiger partial charge in [0.2, 0.25) is 0 Å². The van der Waals surface area contributed by atoms with Crippen molar-refractivity contribution in [1.82, 2.24) is 5.32 Å². The van der Waals surface area contributed by atoms with Crippen molar-refractivity contribution in [2.45, 2.75) is 45.3 Å². The molecule has 0 saturated carbocycles. The predicted molar refractivity (Wildman–Crippen MR) is 80.8 cm³/mol. The molecule has 1 rings (SSSR count). The zero-order valence-corrected chi connectivity index (χ0v) is 14.0. The standard InChI is InChI=1S/C15H22BrF2NO/c1-5-19-12(8-9-15(2,3)20-4)10-6-7-11(17)14(18)13(10)16/h6-7,12,19H,5,8-9H2,1-4H3. The summed E-state index contributed by atoms with van der Waals surface area (Å²) in [7, 11) is 1.68. The molecule has 1 atom stereocenters. The average Bonchev–Trinajstić information content (AvgIpc) is 2.42. The monoisotopic (exact) mass is 349 g/mol. The maximum absolute atomic E-state index is 13.7. The van der Waals surface area contributed by atoms with Gasteiger partial charge in [-0.15, -0.1) is 0 Å². The Labute approximate surface area is 128 Å². The largest absolute Gasteiger partial charge is 0.379 e. The molecular weight excluding hydrogens is 328 g/mol. The van der Waals surface area contributed by atoms with E-state index < -0.39 is 11.6 Å². The smallest absolute Gasteiger partial charge is 0.173 e. The van der Waals surface area contributed by atoms with Gasteiger partial charge in [-0.1, -0.05) is 13.0 Å². The van der Waals surface area contributed by atoms with Crippen LogP contribution in [0.3, 0.4) is 0 Å². The first kappa shape index (κ1) is 17.5. The van der Waals surface area contributed by atoms with Crippen molar-refractivity contribution in [2.24, 2.45) is 0 Å². The number of benzene rings is 1. The van der Waals surface area contributed by atoms with E-state index in [1.165, 1.54) is 6.07 Å². The van der Waals surface area contributed by atoms with Crippen molar-refractivity contribution in [3.05, 3.63) is 33.8 Å². The molecule has 0 radical (unpaired) electrons. The van der Waals surface area contributed by atoms with Gasteiger partial charge in [0.05, 0.1) is 10.1 Å². The maximum Gasteiger partial charge on any atom is 0.173 e. The van der Waals surface area contributed by atoms with Crippen molar-refractivity contribution < 1.29 is 13.5 Å². The van der Waals surface area contributed by atoms with Crippen molar-refractivity contribution in [3.8, 4) is 0 Å². The Hall–Kier alpha value is -0.520. The fourth-order valence-corrected chi connectivity index (χ4v) is 2.62. The molecule has 2 nitrogen and oxygen atoms in total. The van der Waals surface area contributed by atoms with Gasteiger partial charge in [0.25, 0.3) is 0 Å². The van der Waals surface area contributed by atoms with Crippen LogP contribution in [0.2, 0.25) is 0 Å². The lowest BCUT2D eigenvalue weighted by Crippen LogP contribution is -2.27. The lowest BCUT2D eigenvalue weighted by Gasteiger charge is -2.27. The highest BCUT2D eigenvalue weighted by Gasteiger charge is 2.23. The summed E-state index contributed by atoms with van der Waals surface area (Å²) in [5.41, 5.74) is 0.497. The van der Waals surface area contributed by atoms with Crippen LogP contribution in [0, 0.1) is 11.6 Å². The molecule has 1 aromatic carbocycles. The highest BCUT2D eigenvalue weighted by atomic mass is 79.9. The van der Waals surface area contributed by atoms with E-state index >= 15 is 0 Å². The first-order chi connectivity index (χ1) is 9.32. The Morgan fingerprint density at radius 3 is 2.55 bits per heavy atom. The topological polar surface area (TPSA) is 21.3 Å². The summed E-state index contributed by atoms with van der Waals surface area (Å²) in [6, 6.07) is 2.75. The average molecular weight is 350 g/mol.